The topological polar surface area (TPSA) is 72.7 Å². The lowest BCUT2D eigenvalue weighted by atomic mass is 9.55. The first-order chi connectivity index (χ1) is 8.28. The van der Waals surface area contributed by atoms with Crippen LogP contribution in [0.5, 0.6) is 0 Å². The predicted octanol–water partition coefficient (Wildman–Crippen LogP) is 0.924. The van der Waals surface area contributed by atoms with Gasteiger partial charge in [0, 0.05) is 6.54 Å². The predicted molar refractivity (Wildman–Crippen MR) is 66.7 cm³/mol. The van der Waals surface area contributed by atoms with Crippen molar-refractivity contribution in [2.75, 3.05) is 6.54 Å². The lowest BCUT2D eigenvalue weighted by Gasteiger charge is -2.51. The van der Waals surface area contributed by atoms with Crippen LogP contribution in [0.1, 0.15) is 39.4 Å². The Hall–Kier alpha value is -1.46. The van der Waals surface area contributed by atoms with Crippen LogP contribution in [0.3, 0.4) is 0 Å². The number of hydrogen-bond acceptors (Lipinski definition) is 4. The fourth-order valence-corrected chi connectivity index (χ4v) is 3.27. The molecule has 0 aromatic carbocycles. The van der Waals surface area contributed by atoms with Crippen LogP contribution in [0.15, 0.2) is 0 Å². The molecule has 0 spiro atoms. The second-order valence-corrected chi connectivity index (χ2v) is 6.47. The van der Waals surface area contributed by atoms with Gasteiger partial charge in [-0.15, -0.1) is 10.2 Å². The number of carbonyl (C=O) groups is 1. The van der Waals surface area contributed by atoms with Gasteiger partial charge in [-0.05, 0) is 35.8 Å². The molecule has 1 amide bonds. The summed E-state index contributed by atoms with van der Waals surface area (Å²) in [7, 11) is 0. The van der Waals surface area contributed by atoms with E-state index < -0.39 is 0 Å². The molecule has 1 aliphatic carbocycles. The smallest absolute Gasteiger partial charge is 0.243 e. The number of aryl methyl sites for hydroxylation is 1. The van der Waals surface area contributed by atoms with Crippen LogP contribution in [0.2, 0.25) is 0 Å². The minimum Gasteiger partial charge on any atom is -0.354 e. The molecule has 1 aromatic rings. The average molecular weight is 251 g/mol. The van der Waals surface area contributed by atoms with E-state index in [-0.39, 0.29) is 17.9 Å². The fraction of sp³-hybridized carbons (Fsp3) is 0.833. The van der Waals surface area contributed by atoms with Gasteiger partial charge in [-0.25, -0.2) is 0 Å². The van der Waals surface area contributed by atoms with Gasteiger partial charge in [0.15, 0.2) is 5.82 Å². The summed E-state index contributed by atoms with van der Waals surface area (Å²) in [6.45, 7) is 9.36. The number of nitrogens with zero attached hydrogens (tertiary/aromatic N) is 4. The van der Waals surface area contributed by atoms with Crippen molar-refractivity contribution in [1.82, 2.24) is 25.5 Å². The molecule has 6 nitrogen and oxygen atoms in total. The van der Waals surface area contributed by atoms with Crippen LogP contribution in [0.25, 0.3) is 0 Å². The van der Waals surface area contributed by atoms with Gasteiger partial charge in [0.2, 0.25) is 5.91 Å². The Bertz CT molecular complexity index is 443. The molecule has 0 saturated heterocycles. The van der Waals surface area contributed by atoms with Gasteiger partial charge >= 0.3 is 0 Å². The third-order valence-electron chi connectivity index (χ3n) is 3.36. The number of carbonyl (C=O) groups excluding carboxylic acids is 1. The van der Waals surface area contributed by atoms with E-state index in [1.165, 1.54) is 4.80 Å². The van der Waals surface area contributed by atoms with Crippen molar-refractivity contribution in [1.29, 1.82) is 0 Å². The van der Waals surface area contributed by atoms with Gasteiger partial charge < -0.3 is 5.32 Å². The van der Waals surface area contributed by atoms with Crippen molar-refractivity contribution >= 4 is 5.91 Å². The molecular weight excluding hydrogens is 230 g/mol. The highest BCUT2D eigenvalue weighted by atomic mass is 16.2. The lowest BCUT2D eigenvalue weighted by Crippen LogP contribution is -2.48. The summed E-state index contributed by atoms with van der Waals surface area (Å²) in [5.41, 5.74) is 0.662. The summed E-state index contributed by atoms with van der Waals surface area (Å²) < 4.78 is 0. The van der Waals surface area contributed by atoms with Crippen LogP contribution in [0.4, 0.5) is 0 Å². The number of nitrogens with one attached hydrogen (secondary N) is 1. The number of rotatable bonds is 4. The molecule has 100 valence electrons. The Morgan fingerprint density at radius 1 is 1.39 bits per heavy atom. The highest BCUT2D eigenvalue weighted by Crippen LogP contribution is 2.53. The average Bonchev–Trinajstić information content (AvgIpc) is 2.58. The molecule has 6 heteroatoms. The van der Waals surface area contributed by atoms with E-state index in [1.807, 2.05) is 0 Å². The standard InChI is InChI=1S/C12H21N5O/c1-9-14-16-17(15-9)5-10(18)13-8-12(4)6-11(2,3)7-12/h5-8H2,1-4H3,(H,13,18). The van der Waals surface area contributed by atoms with E-state index in [0.29, 0.717) is 11.2 Å². The summed E-state index contributed by atoms with van der Waals surface area (Å²) in [5, 5.41) is 14.4. The molecule has 1 heterocycles. The Morgan fingerprint density at radius 2 is 2.06 bits per heavy atom. The maximum atomic E-state index is 11.7. The second kappa shape index (κ2) is 4.33. The van der Waals surface area contributed by atoms with Gasteiger partial charge in [-0.1, -0.05) is 20.8 Å². The lowest BCUT2D eigenvalue weighted by molar-refractivity contribution is -0.123. The van der Waals surface area contributed by atoms with E-state index in [4.69, 9.17) is 0 Å². The van der Waals surface area contributed by atoms with Crippen molar-refractivity contribution in [3.63, 3.8) is 0 Å². The molecule has 0 aliphatic heterocycles. The molecule has 18 heavy (non-hydrogen) atoms. The highest BCUT2D eigenvalue weighted by molar-refractivity contribution is 5.75. The molecule has 1 fully saturated rings. The maximum Gasteiger partial charge on any atom is 0.243 e. The van der Waals surface area contributed by atoms with Crippen molar-refractivity contribution in [3.8, 4) is 0 Å². The van der Waals surface area contributed by atoms with Crippen molar-refractivity contribution in [2.45, 2.75) is 47.1 Å². The zero-order valence-electron chi connectivity index (χ0n) is 11.5. The molecule has 0 bridgehead atoms. The molecule has 1 N–H and O–H groups in total. The van der Waals surface area contributed by atoms with Gasteiger partial charge in [-0.3, -0.25) is 4.79 Å². The number of amides is 1. The van der Waals surface area contributed by atoms with Crippen LogP contribution >= 0.6 is 0 Å². The normalized spacial score (nSPS) is 20.2. The van der Waals surface area contributed by atoms with Crippen molar-refractivity contribution in [3.05, 3.63) is 5.82 Å². The highest BCUT2D eigenvalue weighted by Gasteiger charge is 2.45. The van der Waals surface area contributed by atoms with Gasteiger partial charge in [0.25, 0.3) is 0 Å². The Kier molecular flexibility index (Phi) is 3.12. The summed E-state index contributed by atoms with van der Waals surface area (Å²) >= 11 is 0. The Balaban J connectivity index is 1.76. The molecule has 1 aromatic heterocycles. The summed E-state index contributed by atoms with van der Waals surface area (Å²) in [4.78, 5) is 13.0. The van der Waals surface area contributed by atoms with E-state index in [1.54, 1.807) is 6.92 Å². The van der Waals surface area contributed by atoms with E-state index >= 15 is 0 Å². The first-order valence-electron chi connectivity index (χ1n) is 6.29. The minimum atomic E-state index is -0.0571. The van der Waals surface area contributed by atoms with Crippen LogP contribution in [-0.2, 0) is 11.3 Å². The molecule has 2 rings (SSSR count). The molecule has 1 aliphatic rings. The molecular formula is C12H21N5O. The third kappa shape index (κ3) is 3.05. The van der Waals surface area contributed by atoms with E-state index in [9.17, 15) is 4.79 Å². The monoisotopic (exact) mass is 251 g/mol. The first kappa shape index (κ1) is 13.0. The van der Waals surface area contributed by atoms with Crippen LogP contribution in [-0.4, -0.2) is 32.7 Å². The second-order valence-electron chi connectivity index (χ2n) is 6.47. The number of hydrogen-bond donors (Lipinski definition) is 1. The SMILES string of the molecule is Cc1nnn(CC(=O)NCC2(C)CC(C)(C)C2)n1. The first-order valence-corrected chi connectivity index (χ1v) is 6.29. The third-order valence-corrected chi connectivity index (χ3v) is 3.36. The van der Waals surface area contributed by atoms with Crippen LogP contribution < -0.4 is 5.32 Å². The Morgan fingerprint density at radius 3 is 2.56 bits per heavy atom. The van der Waals surface area contributed by atoms with Gasteiger partial charge in [-0.2, -0.15) is 4.80 Å². The number of aromatic nitrogens is 4. The van der Waals surface area contributed by atoms with Crippen molar-refractivity contribution in [2.24, 2.45) is 10.8 Å². The molecule has 0 atom stereocenters. The van der Waals surface area contributed by atoms with E-state index in [0.717, 1.165) is 19.4 Å². The minimum absolute atomic E-state index is 0.0571. The fourth-order valence-electron chi connectivity index (χ4n) is 3.27. The maximum absolute atomic E-state index is 11.7. The van der Waals surface area contributed by atoms with Gasteiger partial charge in [0.05, 0.1) is 0 Å². The molecule has 0 unspecified atom stereocenters. The zero-order valence-corrected chi connectivity index (χ0v) is 11.5. The van der Waals surface area contributed by atoms with E-state index in [2.05, 4.69) is 41.5 Å². The van der Waals surface area contributed by atoms with Gasteiger partial charge in [0.1, 0.15) is 6.54 Å². The van der Waals surface area contributed by atoms with Crippen LogP contribution in [0, 0.1) is 17.8 Å². The summed E-state index contributed by atoms with van der Waals surface area (Å²) in [5.74, 6) is 0.522. The Labute approximate surface area is 107 Å². The largest absolute Gasteiger partial charge is 0.354 e. The molecule has 1 saturated carbocycles. The number of tetrazole rings is 1. The zero-order chi connectivity index (χ0) is 13.4. The quantitative estimate of drug-likeness (QED) is 0.863. The molecule has 0 radical (unpaired) electrons. The summed E-state index contributed by atoms with van der Waals surface area (Å²) in [6, 6.07) is 0. The summed E-state index contributed by atoms with van der Waals surface area (Å²) in [6.07, 6.45) is 2.31. The van der Waals surface area contributed by atoms with Crippen molar-refractivity contribution < 1.29 is 4.79 Å².